The topological polar surface area (TPSA) is 64.0 Å². The molecular weight excluding hydrogens is 250 g/mol. The van der Waals surface area contributed by atoms with Crippen molar-refractivity contribution in [3.8, 4) is 0 Å². The molecule has 0 unspecified atom stereocenters. The molecule has 0 amide bonds. The maximum absolute atomic E-state index is 11.4. The van der Waals surface area contributed by atoms with Crippen molar-refractivity contribution in [1.82, 2.24) is 14.9 Å². The van der Waals surface area contributed by atoms with Crippen molar-refractivity contribution in [2.45, 2.75) is 39.8 Å². The zero-order valence-corrected chi connectivity index (χ0v) is 12.0. The fourth-order valence-corrected chi connectivity index (χ4v) is 2.54. The first-order valence-electron chi connectivity index (χ1n) is 6.50. The summed E-state index contributed by atoms with van der Waals surface area (Å²) < 4.78 is 24.8. The quantitative estimate of drug-likeness (QED) is 0.687. The van der Waals surface area contributed by atoms with E-state index in [2.05, 4.69) is 17.2 Å². The molecule has 18 heavy (non-hydrogen) atoms. The van der Waals surface area contributed by atoms with Crippen molar-refractivity contribution in [3.05, 3.63) is 18.2 Å². The first-order chi connectivity index (χ1) is 8.59. The highest BCUT2D eigenvalue weighted by molar-refractivity contribution is 7.91. The monoisotopic (exact) mass is 273 g/mol. The lowest BCUT2D eigenvalue weighted by molar-refractivity contribution is 0.571. The molecule has 1 N–H and O–H groups in total. The molecule has 0 bridgehead atoms. The lowest BCUT2D eigenvalue weighted by Crippen LogP contribution is -2.18. The number of imidazole rings is 1. The van der Waals surface area contributed by atoms with Crippen molar-refractivity contribution in [1.29, 1.82) is 0 Å². The van der Waals surface area contributed by atoms with Gasteiger partial charge in [-0.1, -0.05) is 13.8 Å². The maximum atomic E-state index is 11.4. The van der Waals surface area contributed by atoms with Gasteiger partial charge in [-0.25, -0.2) is 13.4 Å². The number of rotatable bonds is 9. The minimum Gasteiger partial charge on any atom is -0.334 e. The van der Waals surface area contributed by atoms with Gasteiger partial charge in [-0.05, 0) is 19.4 Å². The van der Waals surface area contributed by atoms with E-state index < -0.39 is 9.84 Å². The van der Waals surface area contributed by atoms with Gasteiger partial charge >= 0.3 is 0 Å². The Morgan fingerprint density at radius 3 is 2.83 bits per heavy atom. The molecule has 0 saturated carbocycles. The van der Waals surface area contributed by atoms with E-state index in [0.717, 1.165) is 25.3 Å². The van der Waals surface area contributed by atoms with E-state index in [-0.39, 0.29) is 11.5 Å². The van der Waals surface area contributed by atoms with Gasteiger partial charge in [0.1, 0.15) is 15.7 Å². The second-order valence-electron chi connectivity index (χ2n) is 4.30. The lowest BCUT2D eigenvalue weighted by atomic mass is 10.4. The lowest BCUT2D eigenvalue weighted by Gasteiger charge is -2.08. The summed E-state index contributed by atoms with van der Waals surface area (Å²) in [6, 6.07) is 0. The smallest absolute Gasteiger partial charge is 0.150 e. The first kappa shape index (κ1) is 15.2. The third-order valence-corrected chi connectivity index (χ3v) is 4.60. The molecule has 5 nitrogen and oxygen atoms in total. The third kappa shape index (κ3) is 5.18. The number of aryl methyl sites for hydroxylation is 1. The van der Waals surface area contributed by atoms with Gasteiger partial charge in [-0.3, -0.25) is 0 Å². The van der Waals surface area contributed by atoms with Crippen LogP contribution in [-0.4, -0.2) is 36.0 Å². The molecule has 104 valence electrons. The van der Waals surface area contributed by atoms with E-state index in [0.29, 0.717) is 13.0 Å². The van der Waals surface area contributed by atoms with Gasteiger partial charge in [0, 0.05) is 24.7 Å². The van der Waals surface area contributed by atoms with Crippen LogP contribution in [0, 0.1) is 0 Å². The van der Waals surface area contributed by atoms with Gasteiger partial charge in [0.2, 0.25) is 0 Å². The number of hydrogen-bond acceptors (Lipinski definition) is 4. The summed E-state index contributed by atoms with van der Waals surface area (Å²) >= 11 is 0. The summed E-state index contributed by atoms with van der Waals surface area (Å²) in [5, 5.41) is 3.29. The third-order valence-electron chi connectivity index (χ3n) is 2.81. The van der Waals surface area contributed by atoms with E-state index in [1.807, 2.05) is 10.8 Å². The molecule has 0 radical (unpaired) electrons. The molecular formula is C12H23N3O2S. The van der Waals surface area contributed by atoms with Crippen LogP contribution in [0.5, 0.6) is 0 Å². The molecule has 0 atom stereocenters. The fourth-order valence-electron chi connectivity index (χ4n) is 1.69. The molecule has 1 rings (SSSR count). The second kappa shape index (κ2) is 7.53. The molecule has 1 aromatic rings. The highest BCUT2D eigenvalue weighted by atomic mass is 32.2. The van der Waals surface area contributed by atoms with E-state index in [1.54, 1.807) is 13.1 Å². The van der Waals surface area contributed by atoms with E-state index >= 15 is 0 Å². The van der Waals surface area contributed by atoms with Crippen LogP contribution in [0.25, 0.3) is 0 Å². The Morgan fingerprint density at radius 2 is 2.17 bits per heavy atom. The van der Waals surface area contributed by atoms with Crippen LogP contribution >= 0.6 is 0 Å². The largest absolute Gasteiger partial charge is 0.334 e. The highest BCUT2D eigenvalue weighted by Crippen LogP contribution is 2.02. The van der Waals surface area contributed by atoms with Gasteiger partial charge in [0.15, 0.2) is 0 Å². The predicted molar refractivity (Wildman–Crippen MR) is 73.2 cm³/mol. The maximum Gasteiger partial charge on any atom is 0.150 e. The predicted octanol–water partition coefficient (Wildman–Crippen LogP) is 1.21. The van der Waals surface area contributed by atoms with Crippen LogP contribution < -0.4 is 5.32 Å². The van der Waals surface area contributed by atoms with Gasteiger partial charge < -0.3 is 9.88 Å². The SMILES string of the molecule is CCCNCc1nccn1CCCS(=O)(=O)CC. The summed E-state index contributed by atoms with van der Waals surface area (Å²) in [7, 11) is -2.86. The van der Waals surface area contributed by atoms with Gasteiger partial charge in [-0.15, -0.1) is 0 Å². The fraction of sp³-hybridized carbons (Fsp3) is 0.750. The van der Waals surface area contributed by atoms with Crippen LogP contribution in [0.4, 0.5) is 0 Å². The van der Waals surface area contributed by atoms with Gasteiger partial charge in [0.25, 0.3) is 0 Å². The van der Waals surface area contributed by atoms with E-state index in [4.69, 9.17) is 0 Å². The molecule has 0 saturated heterocycles. The van der Waals surface area contributed by atoms with Crippen LogP contribution in [0.2, 0.25) is 0 Å². The Kier molecular flexibility index (Phi) is 6.35. The average Bonchev–Trinajstić information content (AvgIpc) is 2.77. The number of sulfone groups is 1. The Bertz CT molecular complexity index is 440. The Hall–Kier alpha value is -0.880. The van der Waals surface area contributed by atoms with Crippen molar-refractivity contribution in [3.63, 3.8) is 0 Å². The van der Waals surface area contributed by atoms with Crippen LogP contribution in [0.1, 0.15) is 32.5 Å². The van der Waals surface area contributed by atoms with Gasteiger partial charge in [0.05, 0.1) is 12.3 Å². The minimum atomic E-state index is -2.86. The van der Waals surface area contributed by atoms with Crippen LogP contribution in [-0.2, 0) is 22.9 Å². The summed E-state index contributed by atoms with van der Waals surface area (Å²) in [6.07, 6.45) is 5.40. The molecule has 1 heterocycles. The van der Waals surface area contributed by atoms with Crippen LogP contribution in [0.15, 0.2) is 12.4 Å². The van der Waals surface area contributed by atoms with E-state index in [1.165, 1.54) is 0 Å². The summed E-state index contributed by atoms with van der Waals surface area (Å²) in [4.78, 5) is 4.27. The van der Waals surface area contributed by atoms with Crippen molar-refractivity contribution >= 4 is 9.84 Å². The Morgan fingerprint density at radius 1 is 1.39 bits per heavy atom. The number of nitrogens with zero attached hydrogens (tertiary/aromatic N) is 2. The number of hydrogen-bond donors (Lipinski definition) is 1. The molecule has 0 aliphatic carbocycles. The molecule has 0 fully saturated rings. The van der Waals surface area contributed by atoms with Crippen molar-refractivity contribution in [2.24, 2.45) is 0 Å². The normalized spacial score (nSPS) is 11.9. The van der Waals surface area contributed by atoms with Gasteiger partial charge in [-0.2, -0.15) is 0 Å². The van der Waals surface area contributed by atoms with Crippen molar-refractivity contribution in [2.75, 3.05) is 18.1 Å². The van der Waals surface area contributed by atoms with Crippen LogP contribution in [0.3, 0.4) is 0 Å². The zero-order valence-electron chi connectivity index (χ0n) is 11.2. The Labute approximate surface area is 110 Å². The molecule has 0 aliphatic rings. The second-order valence-corrected chi connectivity index (χ2v) is 6.78. The molecule has 1 aromatic heterocycles. The number of nitrogens with one attached hydrogen (secondary N) is 1. The Balaban J connectivity index is 2.40. The summed E-state index contributed by atoms with van der Waals surface area (Å²) in [5.74, 6) is 1.45. The molecule has 0 aromatic carbocycles. The average molecular weight is 273 g/mol. The summed E-state index contributed by atoms with van der Waals surface area (Å²) in [5.41, 5.74) is 0. The van der Waals surface area contributed by atoms with E-state index in [9.17, 15) is 8.42 Å². The minimum absolute atomic E-state index is 0.224. The molecule has 0 spiro atoms. The highest BCUT2D eigenvalue weighted by Gasteiger charge is 2.08. The first-order valence-corrected chi connectivity index (χ1v) is 8.32. The molecule has 0 aliphatic heterocycles. The standard InChI is InChI=1S/C12H23N3O2S/c1-3-6-13-11-12-14-7-9-15(12)8-5-10-18(16,17)4-2/h7,9,13H,3-6,8,10-11H2,1-2H3. The van der Waals surface area contributed by atoms with Crippen molar-refractivity contribution < 1.29 is 8.42 Å². The number of aromatic nitrogens is 2. The molecule has 6 heteroatoms. The summed E-state index contributed by atoms with van der Waals surface area (Å²) in [6.45, 7) is 6.22. The zero-order chi connectivity index (χ0) is 13.4.